The zero-order valence-corrected chi connectivity index (χ0v) is 26.6. The molecule has 0 saturated carbocycles. The van der Waals surface area contributed by atoms with E-state index >= 15 is 0 Å². The van der Waals surface area contributed by atoms with Gasteiger partial charge in [-0.05, 0) is 77.2 Å². The standard InChI is InChI=1S/C34H26.2C3H6.CH5N.H4N2/c1-24-10-12-27(13-11-24)28-14-18-29(19-15-28)34(32-20-16-25-6-2-4-8-30(25)22-32)33-21-17-26-7-3-5-9-31(26)23-33;2*1-3-2;2*1-2/h2-23,34H,1H3;2*3H,1H2,2H3;2H2,1H3;1-2H2. The monoisotopic (exact) mass is 581 g/mol. The van der Waals surface area contributed by atoms with Crippen LogP contribution in [0.15, 0.2) is 159 Å². The highest BCUT2D eigenvalue weighted by molar-refractivity contribution is 5.85. The fourth-order valence-electron chi connectivity index (χ4n) is 4.97. The number of nitrogens with two attached hydrogens (primary N) is 3. The molecule has 6 N–H and O–H groups in total. The summed E-state index contributed by atoms with van der Waals surface area (Å²) in [5.74, 6) is 8.17. The molecular weight excluding hydrogens is 534 g/mol. The number of allylic oxidation sites excluding steroid dienone is 2. The van der Waals surface area contributed by atoms with Gasteiger partial charge in [-0.25, -0.2) is 0 Å². The van der Waals surface area contributed by atoms with Gasteiger partial charge in [-0.3, -0.25) is 11.7 Å². The maximum Gasteiger partial charge on any atom is 0.0340 e. The molecule has 6 aromatic carbocycles. The van der Waals surface area contributed by atoms with Gasteiger partial charge in [0, 0.05) is 5.92 Å². The Kier molecular flexibility index (Phi) is 15.6. The second-order valence-corrected chi connectivity index (χ2v) is 9.95. The van der Waals surface area contributed by atoms with Crippen molar-refractivity contribution in [1.82, 2.24) is 0 Å². The van der Waals surface area contributed by atoms with Gasteiger partial charge >= 0.3 is 0 Å². The second kappa shape index (κ2) is 19.4. The summed E-state index contributed by atoms with van der Waals surface area (Å²) in [4.78, 5) is 0. The Morgan fingerprint density at radius 1 is 0.477 bits per heavy atom. The quantitative estimate of drug-likeness (QED) is 0.0839. The van der Waals surface area contributed by atoms with Crippen LogP contribution >= 0.6 is 0 Å². The lowest BCUT2D eigenvalue weighted by molar-refractivity contribution is 0.983. The number of benzene rings is 6. The highest BCUT2D eigenvalue weighted by atomic mass is 15.0. The minimum atomic E-state index is 0.168. The maximum atomic E-state index is 4.50. The number of fused-ring (bicyclic) bond motifs is 2. The fourth-order valence-corrected chi connectivity index (χ4v) is 4.97. The van der Waals surface area contributed by atoms with Crippen LogP contribution in [0.4, 0.5) is 0 Å². The first-order valence-electron chi connectivity index (χ1n) is 14.8. The molecule has 0 amide bonds. The molecule has 0 atom stereocenters. The Balaban J connectivity index is 0.000000607. The Morgan fingerprint density at radius 3 is 1.18 bits per heavy atom. The molecule has 0 heterocycles. The van der Waals surface area contributed by atoms with Crippen molar-refractivity contribution in [1.29, 1.82) is 0 Å². The van der Waals surface area contributed by atoms with Crippen LogP contribution < -0.4 is 17.4 Å². The molecule has 44 heavy (non-hydrogen) atoms. The average Bonchev–Trinajstić information content (AvgIpc) is 3.08. The van der Waals surface area contributed by atoms with Crippen LogP contribution in [-0.2, 0) is 0 Å². The van der Waals surface area contributed by atoms with E-state index in [2.05, 4.69) is 171 Å². The molecule has 226 valence electrons. The van der Waals surface area contributed by atoms with Gasteiger partial charge in [-0.2, -0.15) is 0 Å². The zero-order valence-electron chi connectivity index (χ0n) is 26.6. The second-order valence-electron chi connectivity index (χ2n) is 9.95. The van der Waals surface area contributed by atoms with Crippen molar-refractivity contribution in [2.24, 2.45) is 17.4 Å². The lowest BCUT2D eigenvalue weighted by Crippen LogP contribution is -2.03. The molecule has 0 radical (unpaired) electrons. The summed E-state index contributed by atoms with van der Waals surface area (Å²) in [5, 5.41) is 5.11. The summed E-state index contributed by atoms with van der Waals surface area (Å²) in [6, 6.07) is 48.9. The van der Waals surface area contributed by atoms with Gasteiger partial charge in [0.15, 0.2) is 0 Å². The van der Waals surface area contributed by atoms with Crippen LogP contribution in [0.3, 0.4) is 0 Å². The molecule has 0 aliphatic heterocycles. The summed E-state index contributed by atoms with van der Waals surface area (Å²) in [7, 11) is 1.50. The molecule has 6 aromatic rings. The van der Waals surface area contributed by atoms with E-state index in [4.69, 9.17) is 0 Å². The van der Waals surface area contributed by atoms with Gasteiger partial charge in [0.05, 0.1) is 0 Å². The summed E-state index contributed by atoms with van der Waals surface area (Å²) < 4.78 is 0. The number of hydrogen-bond donors (Lipinski definition) is 3. The van der Waals surface area contributed by atoms with Crippen LogP contribution in [-0.4, -0.2) is 7.05 Å². The molecule has 3 heteroatoms. The summed E-state index contributed by atoms with van der Waals surface area (Å²) >= 11 is 0. The van der Waals surface area contributed by atoms with E-state index in [0.717, 1.165) is 0 Å². The van der Waals surface area contributed by atoms with Gasteiger partial charge in [-0.1, -0.05) is 151 Å². The van der Waals surface area contributed by atoms with Crippen molar-refractivity contribution < 1.29 is 0 Å². The highest BCUT2D eigenvalue weighted by Gasteiger charge is 2.18. The van der Waals surface area contributed by atoms with E-state index in [1.165, 1.54) is 62.0 Å². The van der Waals surface area contributed by atoms with Gasteiger partial charge in [0.25, 0.3) is 0 Å². The van der Waals surface area contributed by atoms with Crippen LogP contribution in [0.1, 0.15) is 42.0 Å². The molecule has 0 spiro atoms. The van der Waals surface area contributed by atoms with Crippen LogP contribution in [0.25, 0.3) is 32.7 Å². The van der Waals surface area contributed by atoms with Crippen molar-refractivity contribution in [3.8, 4) is 11.1 Å². The molecule has 0 aliphatic carbocycles. The molecule has 0 unspecified atom stereocenters. The number of aryl methyl sites for hydroxylation is 1. The van der Waals surface area contributed by atoms with E-state index in [1.807, 2.05) is 13.8 Å². The van der Waals surface area contributed by atoms with Crippen molar-refractivity contribution in [2.45, 2.75) is 26.7 Å². The van der Waals surface area contributed by atoms with Crippen molar-refractivity contribution >= 4 is 21.5 Å². The summed E-state index contributed by atoms with van der Waals surface area (Å²) in [6.45, 7) is 12.6. The summed E-state index contributed by atoms with van der Waals surface area (Å²) in [6.07, 6.45) is 3.50. The van der Waals surface area contributed by atoms with E-state index in [0.29, 0.717) is 0 Å². The van der Waals surface area contributed by atoms with Gasteiger partial charge < -0.3 is 5.73 Å². The van der Waals surface area contributed by atoms with Crippen LogP contribution in [0.2, 0.25) is 0 Å². The average molecular weight is 582 g/mol. The first kappa shape index (κ1) is 35.4. The maximum absolute atomic E-state index is 4.50. The van der Waals surface area contributed by atoms with Crippen LogP contribution in [0, 0.1) is 6.92 Å². The molecule has 0 aromatic heterocycles. The molecule has 0 fully saturated rings. The topological polar surface area (TPSA) is 78.1 Å². The molecule has 6 rings (SSSR count). The van der Waals surface area contributed by atoms with E-state index in [-0.39, 0.29) is 5.92 Å². The van der Waals surface area contributed by atoms with Crippen LogP contribution in [0.5, 0.6) is 0 Å². The Labute approximate surface area is 264 Å². The minimum absolute atomic E-state index is 0.168. The summed E-state index contributed by atoms with van der Waals surface area (Å²) in [5.41, 5.74) is 12.2. The lowest BCUT2D eigenvalue weighted by atomic mass is 9.83. The third kappa shape index (κ3) is 9.62. The smallest absolute Gasteiger partial charge is 0.0340 e. The SMILES string of the molecule is C=CC.C=CC.CN.Cc1ccc(-c2ccc(C(c3ccc4ccccc4c3)c3ccc4ccccc4c3)cc2)cc1.NN. The van der Waals surface area contributed by atoms with Gasteiger partial charge in [0.1, 0.15) is 0 Å². The van der Waals surface area contributed by atoms with E-state index in [1.54, 1.807) is 12.2 Å². The predicted octanol–water partition coefficient (Wildman–Crippen LogP) is 9.93. The third-order valence-corrected chi connectivity index (χ3v) is 6.84. The minimum Gasteiger partial charge on any atom is -0.333 e. The Hall–Kier alpha value is -4.80. The first-order valence-corrected chi connectivity index (χ1v) is 14.8. The number of hydrazine groups is 1. The van der Waals surface area contributed by atoms with E-state index < -0.39 is 0 Å². The van der Waals surface area contributed by atoms with Gasteiger partial charge in [-0.15, -0.1) is 13.2 Å². The highest BCUT2D eigenvalue weighted by Crippen LogP contribution is 2.36. The largest absolute Gasteiger partial charge is 0.333 e. The van der Waals surface area contributed by atoms with Crippen molar-refractivity contribution in [3.63, 3.8) is 0 Å². The third-order valence-electron chi connectivity index (χ3n) is 6.84. The zero-order chi connectivity index (χ0) is 32.3. The number of rotatable bonds is 4. The molecule has 3 nitrogen and oxygen atoms in total. The number of hydrogen-bond acceptors (Lipinski definition) is 3. The first-order chi connectivity index (χ1) is 21.6. The predicted molar refractivity (Wildman–Crippen MR) is 196 cm³/mol. The lowest BCUT2D eigenvalue weighted by Gasteiger charge is -2.21. The molecule has 0 aliphatic rings. The normalized spacial score (nSPS) is 9.64. The van der Waals surface area contributed by atoms with Crippen molar-refractivity contribution in [2.75, 3.05) is 7.05 Å². The van der Waals surface area contributed by atoms with Crippen molar-refractivity contribution in [3.05, 3.63) is 181 Å². The Morgan fingerprint density at radius 2 is 0.795 bits per heavy atom. The molecular formula is C41H47N3. The van der Waals surface area contributed by atoms with E-state index in [9.17, 15) is 0 Å². The Bertz CT molecular complexity index is 1620. The van der Waals surface area contributed by atoms with Gasteiger partial charge in [0.2, 0.25) is 0 Å². The molecule has 0 bridgehead atoms. The fraction of sp³-hybridized carbons (Fsp3) is 0.122. The molecule has 0 saturated heterocycles.